The number of nitrogens with zero attached hydrogens (tertiary/aromatic N) is 4. The molecule has 2 heterocycles. The largest absolute Gasteiger partial charge is 0.465 e. The molecule has 1 amide bonds. The first kappa shape index (κ1) is 19.5. The number of amides is 1. The predicted molar refractivity (Wildman–Crippen MR) is 97.4 cm³/mol. The monoisotopic (exact) mass is 404 g/mol. The van der Waals surface area contributed by atoms with E-state index in [0.717, 1.165) is 9.58 Å². The zero-order valence-corrected chi connectivity index (χ0v) is 15.9. The third-order valence-electron chi connectivity index (χ3n) is 4.00. The van der Waals surface area contributed by atoms with E-state index in [1.807, 2.05) is 0 Å². The van der Waals surface area contributed by atoms with E-state index < -0.39 is 21.7 Å². The average Bonchev–Trinajstić information content (AvgIpc) is 3.06. The fourth-order valence-corrected chi connectivity index (χ4v) is 3.93. The molecule has 0 atom stereocenters. The summed E-state index contributed by atoms with van der Waals surface area (Å²) in [4.78, 5) is 15.8. The second kappa shape index (κ2) is 7.39. The molecule has 0 bridgehead atoms. The third kappa shape index (κ3) is 3.72. The van der Waals surface area contributed by atoms with Gasteiger partial charge in [-0.3, -0.25) is 4.98 Å². The van der Waals surface area contributed by atoms with Crippen LogP contribution in [0.2, 0.25) is 0 Å². The maximum atomic E-state index is 14.5. The topological polar surface area (TPSA) is 105 Å². The summed E-state index contributed by atoms with van der Waals surface area (Å²) in [6.07, 6.45) is 1.41. The molecule has 0 saturated carbocycles. The highest BCUT2D eigenvalue weighted by atomic mass is 32.2. The lowest BCUT2D eigenvalue weighted by atomic mass is 10.2. The number of pyridine rings is 1. The highest BCUT2D eigenvalue weighted by Gasteiger charge is 2.27. The molecular weight excluding hydrogens is 387 g/mol. The number of aromatic nitrogens is 3. The quantitative estimate of drug-likeness (QED) is 0.701. The van der Waals surface area contributed by atoms with Gasteiger partial charge in [0, 0.05) is 25.5 Å². The summed E-state index contributed by atoms with van der Waals surface area (Å²) in [7, 11) is -2.75. The lowest BCUT2D eigenvalue weighted by molar-refractivity contribution is 0.153. The first-order valence-electron chi connectivity index (χ1n) is 8.15. The number of rotatable bonds is 5. The number of benzene rings is 1. The Morgan fingerprint density at radius 2 is 2.04 bits per heavy atom. The van der Waals surface area contributed by atoms with Gasteiger partial charge < -0.3 is 10.0 Å². The Labute approximate surface area is 160 Å². The summed E-state index contributed by atoms with van der Waals surface area (Å²) in [6.45, 7) is 1.54. The fourth-order valence-electron chi connectivity index (χ4n) is 2.57. The molecule has 10 heteroatoms. The molecule has 28 heavy (non-hydrogen) atoms. The molecule has 0 unspecified atom stereocenters. The van der Waals surface area contributed by atoms with Crippen molar-refractivity contribution in [3.63, 3.8) is 0 Å². The molecule has 8 nitrogen and oxygen atoms in total. The lowest BCUT2D eigenvalue weighted by Gasteiger charge is -2.10. The van der Waals surface area contributed by atoms with Gasteiger partial charge in [0.05, 0.1) is 17.1 Å². The number of carboxylic acid groups (broad SMARTS) is 1. The molecular formula is C18H17FN4O4S. The fraction of sp³-hybridized carbons (Fsp3) is 0.167. The van der Waals surface area contributed by atoms with E-state index in [0.29, 0.717) is 5.56 Å². The summed E-state index contributed by atoms with van der Waals surface area (Å²) in [6, 6.07) is 8.39. The maximum absolute atomic E-state index is 14.5. The van der Waals surface area contributed by atoms with Gasteiger partial charge in [0.1, 0.15) is 11.5 Å². The number of aryl methyl sites for hydroxylation is 1. The summed E-state index contributed by atoms with van der Waals surface area (Å²) in [5.74, 6) is -0.649. The van der Waals surface area contributed by atoms with Crippen molar-refractivity contribution in [2.24, 2.45) is 0 Å². The SMILES string of the molecule is Cc1ccc(-n2nc(CN(C)C(=O)O)cc2S(=O)(=O)c2cccnc2)c(F)c1. The van der Waals surface area contributed by atoms with Gasteiger partial charge in [-0.25, -0.2) is 22.3 Å². The van der Waals surface area contributed by atoms with Crippen molar-refractivity contribution in [2.45, 2.75) is 23.4 Å². The Kier molecular flexibility index (Phi) is 5.14. The molecule has 0 saturated heterocycles. The molecule has 0 spiro atoms. The Hall–Kier alpha value is -3.27. The summed E-state index contributed by atoms with van der Waals surface area (Å²) in [5, 5.41) is 12.9. The van der Waals surface area contributed by atoms with Crippen LogP contribution in [0.25, 0.3) is 5.69 Å². The summed E-state index contributed by atoms with van der Waals surface area (Å²) < 4.78 is 41.7. The average molecular weight is 404 g/mol. The highest BCUT2D eigenvalue weighted by Crippen LogP contribution is 2.26. The van der Waals surface area contributed by atoms with Crippen molar-refractivity contribution >= 4 is 15.9 Å². The van der Waals surface area contributed by atoms with E-state index in [-0.39, 0.29) is 27.8 Å². The first-order valence-corrected chi connectivity index (χ1v) is 9.63. The van der Waals surface area contributed by atoms with E-state index in [2.05, 4.69) is 10.1 Å². The van der Waals surface area contributed by atoms with Crippen LogP contribution in [0.4, 0.5) is 9.18 Å². The standard InChI is InChI=1S/C18H17FN4O4S/c1-12-5-6-16(15(19)8-12)23-17(9-13(21-23)11-22(2)18(24)25)28(26,27)14-4-3-7-20-10-14/h3-10H,11H2,1-2H3,(H,24,25). The van der Waals surface area contributed by atoms with Gasteiger partial charge in [-0.05, 0) is 36.8 Å². The smallest absolute Gasteiger partial charge is 0.407 e. The van der Waals surface area contributed by atoms with E-state index in [4.69, 9.17) is 5.11 Å². The lowest BCUT2D eigenvalue weighted by Crippen LogP contribution is -2.24. The highest BCUT2D eigenvalue weighted by molar-refractivity contribution is 7.91. The van der Waals surface area contributed by atoms with Gasteiger partial charge in [0.25, 0.3) is 0 Å². The minimum absolute atomic E-state index is 0.0581. The Balaban J connectivity index is 2.19. The van der Waals surface area contributed by atoms with Crippen LogP contribution < -0.4 is 0 Å². The Bertz CT molecular complexity index is 1130. The number of hydrogen-bond acceptors (Lipinski definition) is 5. The normalized spacial score (nSPS) is 11.4. The molecule has 0 fully saturated rings. The van der Waals surface area contributed by atoms with Gasteiger partial charge in [-0.2, -0.15) is 5.10 Å². The summed E-state index contributed by atoms with van der Waals surface area (Å²) >= 11 is 0. The molecule has 0 aliphatic rings. The van der Waals surface area contributed by atoms with E-state index in [1.165, 1.54) is 49.8 Å². The number of carbonyl (C=O) groups is 1. The molecule has 3 rings (SSSR count). The second-order valence-corrected chi connectivity index (χ2v) is 8.07. The van der Waals surface area contributed by atoms with Crippen LogP contribution in [0.5, 0.6) is 0 Å². The predicted octanol–water partition coefficient (Wildman–Crippen LogP) is 2.66. The third-order valence-corrected chi connectivity index (χ3v) is 5.71. The molecule has 0 aliphatic carbocycles. The van der Waals surface area contributed by atoms with Crippen molar-refractivity contribution in [1.29, 1.82) is 0 Å². The molecule has 1 N–H and O–H groups in total. The number of halogens is 1. The minimum atomic E-state index is -4.07. The van der Waals surface area contributed by atoms with Crippen molar-refractivity contribution in [1.82, 2.24) is 19.7 Å². The van der Waals surface area contributed by atoms with Crippen molar-refractivity contribution in [3.8, 4) is 5.69 Å². The zero-order valence-electron chi connectivity index (χ0n) is 15.1. The molecule has 0 aliphatic heterocycles. The summed E-state index contributed by atoms with van der Waals surface area (Å²) in [5.41, 5.74) is 0.764. The van der Waals surface area contributed by atoms with Crippen molar-refractivity contribution in [2.75, 3.05) is 7.05 Å². The van der Waals surface area contributed by atoms with Crippen molar-refractivity contribution in [3.05, 3.63) is 65.9 Å². The molecule has 0 radical (unpaired) electrons. The van der Waals surface area contributed by atoms with E-state index in [1.54, 1.807) is 13.0 Å². The minimum Gasteiger partial charge on any atom is -0.465 e. The van der Waals surface area contributed by atoms with E-state index in [9.17, 15) is 17.6 Å². The maximum Gasteiger partial charge on any atom is 0.407 e. The number of sulfone groups is 1. The Morgan fingerprint density at radius 1 is 1.29 bits per heavy atom. The van der Waals surface area contributed by atoms with Gasteiger partial charge in [-0.15, -0.1) is 0 Å². The van der Waals surface area contributed by atoms with Gasteiger partial charge >= 0.3 is 6.09 Å². The zero-order chi connectivity index (χ0) is 20.5. The van der Waals surface area contributed by atoms with Crippen LogP contribution in [0.15, 0.2) is 58.7 Å². The van der Waals surface area contributed by atoms with Gasteiger partial charge in [0.15, 0.2) is 5.03 Å². The second-order valence-electron chi connectivity index (χ2n) is 6.17. The van der Waals surface area contributed by atoms with Crippen molar-refractivity contribution < 1.29 is 22.7 Å². The molecule has 2 aromatic heterocycles. The van der Waals surface area contributed by atoms with Crippen LogP contribution in [0, 0.1) is 12.7 Å². The molecule has 3 aromatic rings. The molecule has 1 aromatic carbocycles. The first-order chi connectivity index (χ1) is 13.2. The van der Waals surface area contributed by atoms with Crippen LogP contribution in [-0.4, -0.2) is 46.3 Å². The Morgan fingerprint density at radius 3 is 2.64 bits per heavy atom. The van der Waals surface area contributed by atoms with E-state index >= 15 is 0 Å². The van der Waals surface area contributed by atoms with Gasteiger partial charge in [-0.1, -0.05) is 6.07 Å². The molecule has 146 valence electrons. The van der Waals surface area contributed by atoms with Gasteiger partial charge in [0.2, 0.25) is 9.84 Å². The van der Waals surface area contributed by atoms with Crippen LogP contribution in [0.1, 0.15) is 11.3 Å². The van der Waals surface area contributed by atoms with Crippen LogP contribution in [0.3, 0.4) is 0 Å². The van der Waals surface area contributed by atoms with Crippen LogP contribution in [-0.2, 0) is 16.4 Å². The number of hydrogen-bond donors (Lipinski definition) is 1. The van der Waals surface area contributed by atoms with Crippen LogP contribution >= 0.6 is 0 Å².